The molecule has 56 valence electrons. The minimum atomic E-state index is -0.499. The SMILES string of the molecule is C#CC(O)CC1CC1CC. The van der Waals surface area contributed by atoms with Gasteiger partial charge >= 0.3 is 0 Å². The van der Waals surface area contributed by atoms with Gasteiger partial charge in [0.05, 0.1) is 0 Å². The van der Waals surface area contributed by atoms with Crippen molar-refractivity contribution in [1.82, 2.24) is 0 Å². The summed E-state index contributed by atoms with van der Waals surface area (Å²) in [6, 6.07) is 0. The zero-order valence-corrected chi connectivity index (χ0v) is 6.38. The predicted molar refractivity (Wildman–Crippen MR) is 41.3 cm³/mol. The van der Waals surface area contributed by atoms with E-state index in [1.807, 2.05) is 0 Å². The van der Waals surface area contributed by atoms with Crippen molar-refractivity contribution in [2.45, 2.75) is 32.3 Å². The third-order valence-corrected chi connectivity index (χ3v) is 2.31. The van der Waals surface area contributed by atoms with Gasteiger partial charge in [0, 0.05) is 0 Å². The normalized spacial score (nSPS) is 32.9. The van der Waals surface area contributed by atoms with Gasteiger partial charge in [-0.25, -0.2) is 0 Å². The van der Waals surface area contributed by atoms with Crippen molar-refractivity contribution in [2.24, 2.45) is 11.8 Å². The van der Waals surface area contributed by atoms with Crippen LogP contribution in [0.1, 0.15) is 26.2 Å². The standard InChI is InChI=1S/C9H14O/c1-3-7-5-8(7)6-9(10)4-2/h2,7-10H,3,5-6H2,1H3. The molecule has 3 unspecified atom stereocenters. The number of hydrogen-bond acceptors (Lipinski definition) is 1. The molecule has 0 aromatic heterocycles. The minimum absolute atomic E-state index is 0.499. The highest BCUT2D eigenvalue weighted by Crippen LogP contribution is 2.43. The van der Waals surface area contributed by atoms with Gasteiger partial charge in [0.25, 0.3) is 0 Å². The van der Waals surface area contributed by atoms with Gasteiger partial charge in [0.1, 0.15) is 6.10 Å². The van der Waals surface area contributed by atoms with Crippen molar-refractivity contribution in [1.29, 1.82) is 0 Å². The molecule has 1 fully saturated rings. The number of aliphatic hydroxyl groups excluding tert-OH is 1. The van der Waals surface area contributed by atoms with E-state index in [1.54, 1.807) is 0 Å². The molecule has 0 bridgehead atoms. The predicted octanol–water partition coefficient (Wildman–Crippen LogP) is 1.42. The van der Waals surface area contributed by atoms with Crippen LogP contribution in [-0.2, 0) is 0 Å². The summed E-state index contributed by atoms with van der Waals surface area (Å²) < 4.78 is 0. The molecule has 1 aliphatic rings. The first kappa shape index (κ1) is 7.63. The molecule has 1 heteroatoms. The number of rotatable bonds is 3. The summed E-state index contributed by atoms with van der Waals surface area (Å²) in [7, 11) is 0. The Kier molecular flexibility index (Phi) is 2.34. The van der Waals surface area contributed by atoms with Crippen molar-refractivity contribution in [3.63, 3.8) is 0 Å². The quantitative estimate of drug-likeness (QED) is 0.585. The van der Waals surface area contributed by atoms with Crippen LogP contribution < -0.4 is 0 Å². The van der Waals surface area contributed by atoms with Crippen LogP contribution in [0.3, 0.4) is 0 Å². The molecule has 0 amide bonds. The third kappa shape index (κ3) is 1.75. The lowest BCUT2D eigenvalue weighted by molar-refractivity contribution is 0.212. The van der Waals surface area contributed by atoms with Gasteiger partial charge in [-0.1, -0.05) is 19.3 Å². The van der Waals surface area contributed by atoms with E-state index in [9.17, 15) is 0 Å². The Labute approximate surface area is 62.4 Å². The summed E-state index contributed by atoms with van der Waals surface area (Å²) in [5.74, 6) is 3.91. The molecule has 1 saturated carbocycles. The topological polar surface area (TPSA) is 20.2 Å². The molecule has 0 aromatic carbocycles. The molecule has 1 aliphatic carbocycles. The van der Waals surface area contributed by atoms with Crippen LogP contribution in [0.25, 0.3) is 0 Å². The monoisotopic (exact) mass is 138 g/mol. The Hall–Kier alpha value is -0.480. The van der Waals surface area contributed by atoms with Gasteiger partial charge in [-0.15, -0.1) is 6.42 Å². The fraction of sp³-hybridized carbons (Fsp3) is 0.778. The molecule has 3 atom stereocenters. The second-order valence-electron chi connectivity index (χ2n) is 3.08. The molecule has 0 heterocycles. The summed E-state index contributed by atoms with van der Waals surface area (Å²) in [4.78, 5) is 0. The first-order valence-corrected chi connectivity index (χ1v) is 3.92. The first-order chi connectivity index (χ1) is 4.77. The average molecular weight is 138 g/mol. The van der Waals surface area contributed by atoms with Crippen LogP contribution in [0.15, 0.2) is 0 Å². The van der Waals surface area contributed by atoms with Crippen LogP contribution in [0.5, 0.6) is 0 Å². The molecule has 1 rings (SSSR count). The third-order valence-electron chi connectivity index (χ3n) is 2.31. The molecule has 1 nitrogen and oxygen atoms in total. The number of terminal acetylenes is 1. The Morgan fingerprint density at radius 2 is 2.40 bits per heavy atom. The van der Waals surface area contributed by atoms with Gasteiger partial charge in [0.2, 0.25) is 0 Å². The molecule has 0 aliphatic heterocycles. The molecule has 10 heavy (non-hydrogen) atoms. The van der Waals surface area contributed by atoms with Gasteiger partial charge < -0.3 is 5.11 Å². The first-order valence-electron chi connectivity index (χ1n) is 3.92. The Bertz CT molecular complexity index is 145. The van der Waals surface area contributed by atoms with Crippen molar-refractivity contribution in [3.8, 4) is 12.3 Å². The fourth-order valence-electron chi connectivity index (χ4n) is 1.45. The summed E-state index contributed by atoms with van der Waals surface area (Å²) >= 11 is 0. The molecular weight excluding hydrogens is 124 g/mol. The largest absolute Gasteiger partial charge is 0.380 e. The number of hydrogen-bond donors (Lipinski definition) is 1. The zero-order valence-electron chi connectivity index (χ0n) is 6.38. The lowest BCUT2D eigenvalue weighted by Gasteiger charge is -1.99. The van der Waals surface area contributed by atoms with E-state index in [-0.39, 0.29) is 0 Å². The van der Waals surface area contributed by atoms with E-state index in [2.05, 4.69) is 12.8 Å². The molecule has 0 saturated heterocycles. The minimum Gasteiger partial charge on any atom is -0.380 e. The maximum absolute atomic E-state index is 9.05. The van der Waals surface area contributed by atoms with Gasteiger partial charge in [-0.2, -0.15) is 0 Å². The lowest BCUT2D eigenvalue weighted by atomic mass is 10.1. The van der Waals surface area contributed by atoms with Gasteiger partial charge in [0.15, 0.2) is 0 Å². The summed E-state index contributed by atoms with van der Waals surface area (Å²) in [5, 5.41) is 9.05. The second-order valence-corrected chi connectivity index (χ2v) is 3.08. The molecule has 1 N–H and O–H groups in total. The second kappa shape index (κ2) is 3.07. The van der Waals surface area contributed by atoms with Crippen molar-refractivity contribution in [3.05, 3.63) is 0 Å². The fourth-order valence-corrected chi connectivity index (χ4v) is 1.45. The van der Waals surface area contributed by atoms with Crippen LogP contribution in [0.2, 0.25) is 0 Å². The summed E-state index contributed by atoms with van der Waals surface area (Å²) in [6.45, 7) is 2.19. The van der Waals surface area contributed by atoms with Crippen LogP contribution in [0, 0.1) is 24.2 Å². The van der Waals surface area contributed by atoms with E-state index >= 15 is 0 Å². The summed E-state index contributed by atoms with van der Waals surface area (Å²) in [6.07, 6.45) is 7.86. The zero-order chi connectivity index (χ0) is 7.56. The van der Waals surface area contributed by atoms with E-state index in [0.29, 0.717) is 0 Å². The maximum Gasteiger partial charge on any atom is 0.114 e. The van der Waals surface area contributed by atoms with Gasteiger partial charge in [-0.05, 0) is 24.7 Å². The highest BCUT2D eigenvalue weighted by atomic mass is 16.3. The van der Waals surface area contributed by atoms with E-state index < -0.39 is 6.10 Å². The van der Waals surface area contributed by atoms with Crippen LogP contribution >= 0.6 is 0 Å². The molecule has 0 aromatic rings. The Morgan fingerprint density at radius 1 is 1.70 bits per heavy atom. The van der Waals surface area contributed by atoms with Crippen molar-refractivity contribution >= 4 is 0 Å². The summed E-state index contributed by atoms with van der Waals surface area (Å²) in [5.41, 5.74) is 0. The van der Waals surface area contributed by atoms with Crippen molar-refractivity contribution in [2.75, 3.05) is 0 Å². The van der Waals surface area contributed by atoms with Crippen molar-refractivity contribution < 1.29 is 5.11 Å². The highest BCUT2D eigenvalue weighted by Gasteiger charge is 2.35. The van der Waals surface area contributed by atoms with E-state index in [4.69, 9.17) is 11.5 Å². The smallest absolute Gasteiger partial charge is 0.114 e. The van der Waals surface area contributed by atoms with Crippen LogP contribution in [-0.4, -0.2) is 11.2 Å². The Morgan fingerprint density at radius 3 is 2.80 bits per heavy atom. The molecule has 0 spiro atoms. The average Bonchev–Trinajstić information content (AvgIpc) is 2.67. The van der Waals surface area contributed by atoms with Gasteiger partial charge in [-0.3, -0.25) is 0 Å². The Balaban J connectivity index is 2.13. The molecule has 0 radical (unpaired) electrons. The van der Waals surface area contributed by atoms with E-state index in [0.717, 1.165) is 18.3 Å². The van der Waals surface area contributed by atoms with E-state index in [1.165, 1.54) is 12.8 Å². The number of aliphatic hydroxyl groups is 1. The maximum atomic E-state index is 9.05. The highest BCUT2D eigenvalue weighted by molar-refractivity contribution is 4.98. The lowest BCUT2D eigenvalue weighted by Crippen LogP contribution is -2.03. The molecular formula is C9H14O. The van der Waals surface area contributed by atoms with Crippen LogP contribution in [0.4, 0.5) is 0 Å².